The summed E-state index contributed by atoms with van der Waals surface area (Å²) in [6.45, 7) is 9.01. The highest BCUT2D eigenvalue weighted by molar-refractivity contribution is 5.18. The van der Waals surface area contributed by atoms with Crippen molar-refractivity contribution in [3.05, 3.63) is 35.9 Å². The lowest BCUT2D eigenvalue weighted by atomic mass is 9.96. The number of benzene rings is 1. The van der Waals surface area contributed by atoms with E-state index in [0.717, 1.165) is 0 Å². The third kappa shape index (κ3) is 4.05. The maximum absolute atomic E-state index is 3.67. The molecular formula is C14H23N. The molecule has 1 aromatic carbocycles. The van der Waals surface area contributed by atoms with Crippen LogP contribution in [0.3, 0.4) is 0 Å². The molecule has 1 unspecified atom stereocenters. The smallest absolute Gasteiger partial charge is 0.0296 e. The van der Waals surface area contributed by atoms with Gasteiger partial charge in [-0.25, -0.2) is 0 Å². The first-order valence-electron chi connectivity index (χ1n) is 5.88. The number of hydrogen-bond acceptors (Lipinski definition) is 1. The lowest BCUT2D eigenvalue weighted by molar-refractivity contribution is 0.323. The van der Waals surface area contributed by atoms with Gasteiger partial charge in [-0.2, -0.15) is 0 Å². The van der Waals surface area contributed by atoms with Crippen molar-refractivity contribution < 1.29 is 0 Å². The Kier molecular flexibility index (Phi) is 4.34. The Morgan fingerprint density at radius 1 is 1.20 bits per heavy atom. The van der Waals surface area contributed by atoms with E-state index in [0.29, 0.717) is 6.04 Å². The van der Waals surface area contributed by atoms with E-state index < -0.39 is 0 Å². The summed E-state index contributed by atoms with van der Waals surface area (Å²) in [6, 6.07) is 11.0. The third-order valence-electron chi connectivity index (χ3n) is 2.78. The van der Waals surface area contributed by atoms with Crippen molar-refractivity contribution in [3.8, 4) is 0 Å². The van der Waals surface area contributed by atoms with Gasteiger partial charge in [-0.05, 0) is 32.8 Å². The van der Waals surface area contributed by atoms with Crippen LogP contribution in [-0.2, 0) is 0 Å². The van der Waals surface area contributed by atoms with E-state index in [9.17, 15) is 0 Å². The van der Waals surface area contributed by atoms with Gasteiger partial charge in [-0.15, -0.1) is 0 Å². The summed E-state index contributed by atoms with van der Waals surface area (Å²) in [5, 5.41) is 3.67. The molecule has 84 valence electrons. The molecular weight excluding hydrogens is 182 g/mol. The standard InChI is InChI=1S/C14H23N/c1-5-11-14(3,4)15-12(2)13-9-7-6-8-10-13/h6-10,12,15H,5,11H2,1-4H3. The van der Waals surface area contributed by atoms with Crippen LogP contribution in [-0.4, -0.2) is 5.54 Å². The molecule has 0 saturated carbocycles. The van der Waals surface area contributed by atoms with Gasteiger partial charge in [0.2, 0.25) is 0 Å². The van der Waals surface area contributed by atoms with Gasteiger partial charge in [0.25, 0.3) is 0 Å². The Morgan fingerprint density at radius 3 is 2.33 bits per heavy atom. The van der Waals surface area contributed by atoms with Crippen LogP contribution in [0.25, 0.3) is 0 Å². The summed E-state index contributed by atoms with van der Waals surface area (Å²) in [4.78, 5) is 0. The molecule has 0 saturated heterocycles. The van der Waals surface area contributed by atoms with E-state index in [1.807, 2.05) is 0 Å². The molecule has 1 nitrogen and oxygen atoms in total. The maximum atomic E-state index is 3.67. The number of hydrogen-bond donors (Lipinski definition) is 1. The maximum Gasteiger partial charge on any atom is 0.0296 e. The Balaban J connectivity index is 2.59. The van der Waals surface area contributed by atoms with Crippen LogP contribution < -0.4 is 5.32 Å². The molecule has 15 heavy (non-hydrogen) atoms. The monoisotopic (exact) mass is 205 g/mol. The van der Waals surface area contributed by atoms with E-state index in [1.54, 1.807) is 0 Å². The van der Waals surface area contributed by atoms with Gasteiger partial charge < -0.3 is 5.32 Å². The van der Waals surface area contributed by atoms with Crippen molar-refractivity contribution in [2.45, 2.75) is 52.1 Å². The molecule has 0 aliphatic heterocycles. The molecule has 1 rings (SSSR count). The topological polar surface area (TPSA) is 12.0 Å². The molecule has 0 spiro atoms. The molecule has 1 N–H and O–H groups in total. The lowest BCUT2D eigenvalue weighted by Crippen LogP contribution is -2.40. The van der Waals surface area contributed by atoms with Gasteiger partial charge in [0.1, 0.15) is 0 Å². The molecule has 0 amide bonds. The summed E-state index contributed by atoms with van der Waals surface area (Å²) in [6.07, 6.45) is 2.44. The third-order valence-corrected chi connectivity index (χ3v) is 2.78. The zero-order valence-corrected chi connectivity index (χ0v) is 10.4. The lowest BCUT2D eigenvalue weighted by Gasteiger charge is -2.30. The van der Waals surface area contributed by atoms with Gasteiger partial charge >= 0.3 is 0 Å². The van der Waals surface area contributed by atoms with Crippen LogP contribution in [0.1, 0.15) is 52.1 Å². The van der Waals surface area contributed by atoms with Gasteiger partial charge in [0, 0.05) is 11.6 Å². The first kappa shape index (κ1) is 12.3. The van der Waals surface area contributed by atoms with E-state index in [2.05, 4.69) is 63.3 Å². The molecule has 0 heterocycles. The predicted octanol–water partition coefficient (Wildman–Crippen LogP) is 3.92. The van der Waals surface area contributed by atoms with Crippen molar-refractivity contribution in [1.29, 1.82) is 0 Å². The molecule has 0 aliphatic rings. The number of rotatable bonds is 5. The van der Waals surface area contributed by atoms with Crippen LogP contribution in [0, 0.1) is 0 Å². The second-order valence-corrected chi connectivity index (χ2v) is 4.91. The van der Waals surface area contributed by atoms with Crippen LogP contribution in [0.5, 0.6) is 0 Å². The summed E-state index contributed by atoms with van der Waals surface area (Å²) in [5.41, 5.74) is 1.59. The fourth-order valence-corrected chi connectivity index (χ4v) is 2.11. The van der Waals surface area contributed by atoms with E-state index in [4.69, 9.17) is 0 Å². The van der Waals surface area contributed by atoms with Crippen molar-refractivity contribution in [2.75, 3.05) is 0 Å². The first-order chi connectivity index (χ1) is 7.05. The largest absolute Gasteiger partial charge is 0.305 e. The van der Waals surface area contributed by atoms with Crippen molar-refractivity contribution >= 4 is 0 Å². The Morgan fingerprint density at radius 2 is 1.80 bits per heavy atom. The molecule has 0 aromatic heterocycles. The minimum atomic E-state index is 0.226. The van der Waals surface area contributed by atoms with Gasteiger partial charge in [0.15, 0.2) is 0 Å². The van der Waals surface area contributed by atoms with E-state index in [-0.39, 0.29) is 5.54 Å². The molecule has 0 aliphatic carbocycles. The highest BCUT2D eigenvalue weighted by Crippen LogP contribution is 2.19. The summed E-state index contributed by atoms with van der Waals surface area (Å²) in [5.74, 6) is 0. The normalized spacial score (nSPS) is 13.9. The summed E-state index contributed by atoms with van der Waals surface area (Å²) < 4.78 is 0. The molecule has 0 radical (unpaired) electrons. The van der Waals surface area contributed by atoms with Gasteiger partial charge in [0.05, 0.1) is 0 Å². The first-order valence-corrected chi connectivity index (χ1v) is 5.88. The Bertz CT molecular complexity index is 277. The Labute approximate surface area is 93.9 Å². The highest BCUT2D eigenvalue weighted by atomic mass is 15.0. The number of nitrogens with one attached hydrogen (secondary N) is 1. The molecule has 1 aromatic rings. The highest BCUT2D eigenvalue weighted by Gasteiger charge is 2.19. The summed E-state index contributed by atoms with van der Waals surface area (Å²) >= 11 is 0. The average molecular weight is 205 g/mol. The Hall–Kier alpha value is -0.820. The van der Waals surface area contributed by atoms with Crippen LogP contribution in [0.2, 0.25) is 0 Å². The zero-order valence-electron chi connectivity index (χ0n) is 10.4. The van der Waals surface area contributed by atoms with Crippen LogP contribution in [0.15, 0.2) is 30.3 Å². The minimum absolute atomic E-state index is 0.226. The quantitative estimate of drug-likeness (QED) is 0.768. The second kappa shape index (κ2) is 5.32. The minimum Gasteiger partial charge on any atom is -0.305 e. The van der Waals surface area contributed by atoms with Crippen molar-refractivity contribution in [2.24, 2.45) is 0 Å². The van der Waals surface area contributed by atoms with Crippen molar-refractivity contribution in [3.63, 3.8) is 0 Å². The van der Waals surface area contributed by atoms with E-state index in [1.165, 1.54) is 18.4 Å². The van der Waals surface area contributed by atoms with E-state index >= 15 is 0 Å². The molecule has 0 fully saturated rings. The average Bonchev–Trinajstić information content (AvgIpc) is 2.18. The molecule has 0 bridgehead atoms. The van der Waals surface area contributed by atoms with Crippen LogP contribution in [0.4, 0.5) is 0 Å². The van der Waals surface area contributed by atoms with Gasteiger partial charge in [-0.3, -0.25) is 0 Å². The predicted molar refractivity (Wildman–Crippen MR) is 67.0 cm³/mol. The fraction of sp³-hybridized carbons (Fsp3) is 0.571. The van der Waals surface area contributed by atoms with Gasteiger partial charge in [-0.1, -0.05) is 43.7 Å². The van der Waals surface area contributed by atoms with Crippen molar-refractivity contribution in [1.82, 2.24) is 5.32 Å². The van der Waals surface area contributed by atoms with Crippen LogP contribution >= 0.6 is 0 Å². The second-order valence-electron chi connectivity index (χ2n) is 4.91. The summed E-state index contributed by atoms with van der Waals surface area (Å²) in [7, 11) is 0. The SMILES string of the molecule is CCCC(C)(C)NC(C)c1ccccc1. The molecule has 1 atom stereocenters. The molecule has 1 heteroatoms. The zero-order chi connectivity index (χ0) is 11.3. The fourth-order valence-electron chi connectivity index (χ4n) is 2.11.